The van der Waals surface area contributed by atoms with Crippen LogP contribution in [-0.4, -0.2) is 0 Å². The van der Waals surface area contributed by atoms with E-state index >= 15 is 0 Å². The summed E-state index contributed by atoms with van der Waals surface area (Å²) in [6.07, 6.45) is 2.98. The van der Waals surface area contributed by atoms with Crippen LogP contribution < -0.4 is 0 Å². The summed E-state index contributed by atoms with van der Waals surface area (Å²) in [6, 6.07) is 0. The third-order valence-corrected chi connectivity index (χ3v) is 4.30. The van der Waals surface area contributed by atoms with Crippen LogP contribution in [0.4, 0.5) is 0 Å². The van der Waals surface area contributed by atoms with Gasteiger partial charge in [0.25, 0.3) is 0 Å². The minimum atomic E-state index is 0.785. The molecular weight excluding hydrogens is 96.1 g/mol. The second kappa shape index (κ2) is 0.872. The van der Waals surface area contributed by atoms with Crippen LogP contribution in [0.3, 0.4) is 0 Å². The van der Waals surface area contributed by atoms with Gasteiger partial charge in [0.1, 0.15) is 0 Å². The Morgan fingerprint density at radius 3 is 1.50 bits per heavy atom. The fourth-order valence-corrected chi connectivity index (χ4v) is 2.59. The molecule has 0 N–H and O–H groups in total. The lowest BCUT2D eigenvalue weighted by molar-refractivity contribution is 0.219. The first kappa shape index (κ1) is 4.84. The Labute approximate surface area is 51.3 Å². The van der Waals surface area contributed by atoms with E-state index in [2.05, 4.69) is 20.8 Å². The van der Waals surface area contributed by atoms with Crippen molar-refractivity contribution < 1.29 is 0 Å². The Morgan fingerprint density at radius 1 is 1.12 bits per heavy atom. The lowest BCUT2D eigenvalue weighted by Gasteiger charge is -2.28. The third kappa shape index (κ3) is 0.222. The highest BCUT2D eigenvalue weighted by molar-refractivity contribution is 5.22. The molecular formula is C8H14. The average molecular weight is 110 g/mol. The quantitative estimate of drug-likeness (QED) is 0.449. The summed E-state index contributed by atoms with van der Waals surface area (Å²) in [5, 5.41) is 0. The highest BCUT2D eigenvalue weighted by atomic mass is 14.8. The SMILES string of the molecule is CC1C2(C)CC[C@]12C. The Morgan fingerprint density at radius 2 is 1.50 bits per heavy atom. The first-order chi connectivity index (χ1) is 3.61. The summed E-state index contributed by atoms with van der Waals surface area (Å²) >= 11 is 0. The van der Waals surface area contributed by atoms with Gasteiger partial charge in [0.2, 0.25) is 0 Å². The van der Waals surface area contributed by atoms with Gasteiger partial charge in [-0.05, 0) is 29.6 Å². The summed E-state index contributed by atoms with van der Waals surface area (Å²) in [6.45, 7) is 7.26. The summed E-state index contributed by atoms with van der Waals surface area (Å²) in [5.74, 6) is 1.02. The second-order valence-corrected chi connectivity index (χ2v) is 4.06. The van der Waals surface area contributed by atoms with Gasteiger partial charge in [-0.3, -0.25) is 0 Å². The molecule has 0 saturated heterocycles. The van der Waals surface area contributed by atoms with Gasteiger partial charge in [-0.15, -0.1) is 0 Å². The molecule has 3 atom stereocenters. The highest BCUT2D eigenvalue weighted by Crippen LogP contribution is 2.81. The molecule has 0 heterocycles. The van der Waals surface area contributed by atoms with Gasteiger partial charge >= 0.3 is 0 Å². The maximum atomic E-state index is 2.43. The van der Waals surface area contributed by atoms with Gasteiger partial charge in [0, 0.05) is 0 Å². The van der Waals surface area contributed by atoms with Crippen LogP contribution in [0, 0.1) is 16.7 Å². The molecule has 0 heteroatoms. The van der Waals surface area contributed by atoms with Crippen LogP contribution in [0.15, 0.2) is 0 Å². The maximum absolute atomic E-state index is 2.43. The first-order valence-electron chi connectivity index (χ1n) is 3.61. The molecule has 46 valence electrons. The Hall–Kier alpha value is 0. The van der Waals surface area contributed by atoms with Gasteiger partial charge < -0.3 is 0 Å². The zero-order chi connectivity index (χ0) is 5.99. The average Bonchev–Trinajstić information content (AvgIpc) is 1.98. The van der Waals surface area contributed by atoms with Crippen molar-refractivity contribution in [3.63, 3.8) is 0 Å². The molecule has 0 aromatic heterocycles. The van der Waals surface area contributed by atoms with Gasteiger partial charge in [0.05, 0.1) is 0 Å². The normalized spacial score (nSPS) is 68.6. The second-order valence-electron chi connectivity index (χ2n) is 4.06. The number of fused-ring (bicyclic) bond motifs is 1. The molecule has 0 aliphatic heterocycles. The molecule has 0 amide bonds. The van der Waals surface area contributed by atoms with Crippen LogP contribution in [0.2, 0.25) is 0 Å². The van der Waals surface area contributed by atoms with Crippen molar-refractivity contribution in [2.75, 3.05) is 0 Å². The van der Waals surface area contributed by atoms with Crippen molar-refractivity contribution in [2.24, 2.45) is 16.7 Å². The fraction of sp³-hybridized carbons (Fsp3) is 1.00. The lowest BCUT2D eigenvalue weighted by atomic mass is 9.77. The zero-order valence-electron chi connectivity index (χ0n) is 5.99. The number of rotatable bonds is 0. The largest absolute Gasteiger partial charge is 0.0614 e. The molecule has 2 unspecified atom stereocenters. The van der Waals surface area contributed by atoms with E-state index in [0.717, 1.165) is 16.7 Å². The molecule has 2 aliphatic rings. The lowest BCUT2D eigenvalue weighted by Crippen LogP contribution is -2.18. The van der Waals surface area contributed by atoms with E-state index in [1.165, 1.54) is 12.8 Å². The number of hydrogen-bond acceptors (Lipinski definition) is 0. The molecule has 2 fully saturated rings. The van der Waals surface area contributed by atoms with Crippen LogP contribution in [0.25, 0.3) is 0 Å². The zero-order valence-corrected chi connectivity index (χ0v) is 5.99. The van der Waals surface area contributed by atoms with Crippen LogP contribution in [0.1, 0.15) is 33.6 Å². The minimum absolute atomic E-state index is 0.785. The van der Waals surface area contributed by atoms with E-state index in [0.29, 0.717) is 0 Å². The fourth-order valence-electron chi connectivity index (χ4n) is 2.59. The molecule has 0 radical (unpaired) electrons. The Kier molecular flexibility index (Phi) is 0.527. The van der Waals surface area contributed by atoms with Gasteiger partial charge in [-0.2, -0.15) is 0 Å². The van der Waals surface area contributed by atoms with Crippen LogP contribution in [0.5, 0.6) is 0 Å². The molecule has 2 saturated carbocycles. The van der Waals surface area contributed by atoms with Crippen molar-refractivity contribution in [1.82, 2.24) is 0 Å². The maximum Gasteiger partial charge on any atom is -0.0238 e. The summed E-state index contributed by atoms with van der Waals surface area (Å²) in [4.78, 5) is 0. The molecule has 0 aromatic carbocycles. The molecule has 0 nitrogen and oxygen atoms in total. The molecule has 2 aliphatic carbocycles. The van der Waals surface area contributed by atoms with E-state index in [4.69, 9.17) is 0 Å². The van der Waals surface area contributed by atoms with E-state index < -0.39 is 0 Å². The van der Waals surface area contributed by atoms with E-state index in [9.17, 15) is 0 Å². The van der Waals surface area contributed by atoms with Crippen LogP contribution >= 0.6 is 0 Å². The topological polar surface area (TPSA) is 0 Å². The third-order valence-electron chi connectivity index (χ3n) is 4.30. The van der Waals surface area contributed by atoms with Gasteiger partial charge in [-0.1, -0.05) is 20.8 Å². The first-order valence-corrected chi connectivity index (χ1v) is 3.61. The minimum Gasteiger partial charge on any atom is -0.0614 e. The number of hydrogen-bond donors (Lipinski definition) is 0. The monoisotopic (exact) mass is 110 g/mol. The van der Waals surface area contributed by atoms with E-state index in [-0.39, 0.29) is 0 Å². The molecule has 0 aromatic rings. The summed E-state index contributed by atoms with van der Waals surface area (Å²) in [5.41, 5.74) is 1.57. The van der Waals surface area contributed by atoms with Crippen molar-refractivity contribution >= 4 is 0 Å². The van der Waals surface area contributed by atoms with E-state index in [1.54, 1.807) is 0 Å². The molecule has 8 heavy (non-hydrogen) atoms. The Balaban J connectivity index is 2.29. The highest BCUT2D eigenvalue weighted by Gasteiger charge is 2.73. The molecule has 2 rings (SSSR count). The predicted octanol–water partition coefficient (Wildman–Crippen LogP) is 2.44. The van der Waals surface area contributed by atoms with Crippen LogP contribution in [-0.2, 0) is 0 Å². The van der Waals surface area contributed by atoms with Crippen molar-refractivity contribution in [3.05, 3.63) is 0 Å². The standard InChI is InChI=1S/C8H14/c1-6-7(2)4-5-8(6,7)3/h6H,4-5H2,1-3H3/t6?,7-,8?/m1/s1. The van der Waals surface area contributed by atoms with Crippen molar-refractivity contribution in [1.29, 1.82) is 0 Å². The predicted molar refractivity (Wildman–Crippen MR) is 34.6 cm³/mol. The molecule has 0 bridgehead atoms. The van der Waals surface area contributed by atoms with Crippen molar-refractivity contribution in [2.45, 2.75) is 33.6 Å². The molecule has 0 spiro atoms. The van der Waals surface area contributed by atoms with Gasteiger partial charge in [-0.25, -0.2) is 0 Å². The smallest absolute Gasteiger partial charge is 0.0238 e. The Bertz CT molecular complexity index is 123. The van der Waals surface area contributed by atoms with E-state index in [1.807, 2.05) is 0 Å². The summed E-state index contributed by atoms with van der Waals surface area (Å²) in [7, 11) is 0. The van der Waals surface area contributed by atoms with Gasteiger partial charge in [0.15, 0.2) is 0 Å². The van der Waals surface area contributed by atoms with Crippen molar-refractivity contribution in [3.8, 4) is 0 Å². The summed E-state index contributed by atoms with van der Waals surface area (Å²) < 4.78 is 0.